The minimum Gasteiger partial charge on any atom is -0.324 e. The van der Waals surface area contributed by atoms with Crippen LogP contribution in [0.1, 0.15) is 31.4 Å². The van der Waals surface area contributed by atoms with Gasteiger partial charge in [0.25, 0.3) is 0 Å². The second-order valence-corrected chi connectivity index (χ2v) is 3.04. The van der Waals surface area contributed by atoms with Crippen LogP contribution in [0.3, 0.4) is 0 Å². The first kappa shape index (κ1) is 10.1. The fourth-order valence-electron chi connectivity index (χ4n) is 1.27. The van der Waals surface area contributed by atoms with Crippen LogP contribution in [0.4, 0.5) is 8.78 Å². The Bertz CT molecular complexity index is 286. The van der Waals surface area contributed by atoms with Crippen molar-refractivity contribution in [2.24, 2.45) is 5.73 Å². The molecule has 0 bridgehead atoms. The molecule has 0 heterocycles. The van der Waals surface area contributed by atoms with E-state index in [2.05, 4.69) is 0 Å². The second kappa shape index (κ2) is 4.33. The van der Waals surface area contributed by atoms with Gasteiger partial charge in [-0.3, -0.25) is 0 Å². The molecule has 0 saturated heterocycles. The van der Waals surface area contributed by atoms with Gasteiger partial charge in [0.2, 0.25) is 0 Å². The molecule has 0 aliphatic heterocycles. The first-order valence-electron chi connectivity index (χ1n) is 4.36. The zero-order valence-electron chi connectivity index (χ0n) is 7.56. The van der Waals surface area contributed by atoms with Crippen LogP contribution in [0.15, 0.2) is 18.2 Å². The Labute approximate surface area is 76.6 Å². The molecule has 0 radical (unpaired) electrons. The van der Waals surface area contributed by atoms with E-state index in [0.29, 0.717) is 6.42 Å². The van der Waals surface area contributed by atoms with Crippen LogP contribution in [-0.4, -0.2) is 0 Å². The van der Waals surface area contributed by atoms with Crippen molar-refractivity contribution in [3.8, 4) is 0 Å². The molecule has 1 nitrogen and oxygen atoms in total. The zero-order chi connectivity index (χ0) is 9.84. The summed E-state index contributed by atoms with van der Waals surface area (Å²) in [5.74, 6) is -1.65. The third kappa shape index (κ3) is 2.25. The Morgan fingerprint density at radius 1 is 1.38 bits per heavy atom. The largest absolute Gasteiger partial charge is 0.324 e. The summed E-state index contributed by atoms with van der Waals surface area (Å²) in [7, 11) is 0. The van der Waals surface area contributed by atoms with Crippen molar-refractivity contribution >= 4 is 0 Å². The second-order valence-electron chi connectivity index (χ2n) is 3.04. The molecule has 1 unspecified atom stereocenters. The van der Waals surface area contributed by atoms with Crippen molar-refractivity contribution in [3.05, 3.63) is 35.4 Å². The number of halogens is 2. The Balaban J connectivity index is 2.93. The topological polar surface area (TPSA) is 26.0 Å². The lowest BCUT2D eigenvalue weighted by Gasteiger charge is -2.11. The van der Waals surface area contributed by atoms with E-state index in [1.54, 1.807) is 0 Å². The van der Waals surface area contributed by atoms with E-state index >= 15 is 0 Å². The monoisotopic (exact) mass is 185 g/mol. The highest BCUT2D eigenvalue weighted by atomic mass is 19.2. The van der Waals surface area contributed by atoms with Crippen LogP contribution in [0.5, 0.6) is 0 Å². The van der Waals surface area contributed by atoms with Crippen molar-refractivity contribution in [2.45, 2.75) is 25.8 Å². The highest BCUT2D eigenvalue weighted by molar-refractivity contribution is 5.22. The normalized spacial score (nSPS) is 12.9. The van der Waals surface area contributed by atoms with Gasteiger partial charge in [0.05, 0.1) is 0 Å². The lowest BCUT2D eigenvalue weighted by Crippen LogP contribution is -2.12. The number of hydrogen-bond donors (Lipinski definition) is 1. The van der Waals surface area contributed by atoms with Crippen molar-refractivity contribution in [2.75, 3.05) is 0 Å². The van der Waals surface area contributed by atoms with E-state index in [9.17, 15) is 8.78 Å². The highest BCUT2D eigenvalue weighted by Gasteiger charge is 2.13. The lowest BCUT2D eigenvalue weighted by molar-refractivity contribution is 0.482. The predicted molar refractivity (Wildman–Crippen MR) is 48.2 cm³/mol. The molecule has 0 saturated carbocycles. The van der Waals surface area contributed by atoms with E-state index in [1.165, 1.54) is 12.1 Å². The quantitative estimate of drug-likeness (QED) is 0.769. The average Bonchev–Trinajstić information content (AvgIpc) is 2.10. The van der Waals surface area contributed by atoms with Crippen LogP contribution < -0.4 is 5.73 Å². The Kier molecular flexibility index (Phi) is 3.37. The summed E-state index contributed by atoms with van der Waals surface area (Å²) in [4.78, 5) is 0. The highest BCUT2D eigenvalue weighted by Crippen LogP contribution is 2.20. The maximum Gasteiger partial charge on any atom is 0.163 e. The molecule has 13 heavy (non-hydrogen) atoms. The molecule has 1 aromatic rings. The summed E-state index contributed by atoms with van der Waals surface area (Å²) < 4.78 is 25.9. The summed E-state index contributed by atoms with van der Waals surface area (Å²) in [6.45, 7) is 1.96. The smallest absolute Gasteiger partial charge is 0.163 e. The van der Waals surface area contributed by atoms with Gasteiger partial charge in [0, 0.05) is 11.6 Å². The Morgan fingerprint density at radius 2 is 2.08 bits per heavy atom. The van der Waals surface area contributed by atoms with Crippen molar-refractivity contribution < 1.29 is 8.78 Å². The summed E-state index contributed by atoms with van der Waals surface area (Å²) in [6.07, 6.45) is 1.53. The van der Waals surface area contributed by atoms with Gasteiger partial charge in [-0.05, 0) is 12.5 Å². The lowest BCUT2D eigenvalue weighted by atomic mass is 10.0. The first-order chi connectivity index (χ1) is 6.16. The van der Waals surface area contributed by atoms with Crippen LogP contribution in [-0.2, 0) is 0 Å². The van der Waals surface area contributed by atoms with Crippen LogP contribution in [0, 0.1) is 11.6 Å². The molecular formula is C10H13F2N. The number of hydrogen-bond acceptors (Lipinski definition) is 1. The molecule has 0 amide bonds. The number of rotatable bonds is 3. The Morgan fingerprint density at radius 3 is 2.69 bits per heavy atom. The SMILES string of the molecule is CCCC(N)c1cccc(F)c1F. The predicted octanol–water partition coefficient (Wildman–Crippen LogP) is 2.76. The van der Waals surface area contributed by atoms with Gasteiger partial charge in [-0.1, -0.05) is 25.5 Å². The van der Waals surface area contributed by atoms with Crippen molar-refractivity contribution in [1.82, 2.24) is 0 Å². The number of benzene rings is 1. The molecule has 0 aliphatic rings. The van der Waals surface area contributed by atoms with Gasteiger partial charge in [0.15, 0.2) is 11.6 Å². The van der Waals surface area contributed by atoms with Gasteiger partial charge < -0.3 is 5.73 Å². The van der Waals surface area contributed by atoms with Gasteiger partial charge >= 0.3 is 0 Å². The molecular weight excluding hydrogens is 172 g/mol. The minimum absolute atomic E-state index is 0.266. The van der Waals surface area contributed by atoms with Gasteiger partial charge in [-0.15, -0.1) is 0 Å². The molecule has 3 heteroatoms. The molecule has 0 aliphatic carbocycles. The van der Waals surface area contributed by atoms with E-state index < -0.39 is 17.7 Å². The van der Waals surface area contributed by atoms with Crippen LogP contribution >= 0.6 is 0 Å². The first-order valence-corrected chi connectivity index (χ1v) is 4.36. The van der Waals surface area contributed by atoms with Crippen LogP contribution in [0.2, 0.25) is 0 Å². The fourth-order valence-corrected chi connectivity index (χ4v) is 1.27. The average molecular weight is 185 g/mol. The van der Waals surface area contributed by atoms with Gasteiger partial charge in [-0.25, -0.2) is 8.78 Å². The summed E-state index contributed by atoms with van der Waals surface area (Å²) >= 11 is 0. The molecule has 0 aromatic heterocycles. The third-order valence-corrected chi connectivity index (χ3v) is 1.98. The van der Waals surface area contributed by atoms with E-state index in [0.717, 1.165) is 12.5 Å². The number of nitrogens with two attached hydrogens (primary N) is 1. The molecule has 0 fully saturated rings. The fraction of sp³-hybridized carbons (Fsp3) is 0.400. The third-order valence-electron chi connectivity index (χ3n) is 1.98. The molecule has 0 spiro atoms. The summed E-state index contributed by atoms with van der Waals surface area (Å²) in [5.41, 5.74) is 5.93. The van der Waals surface area contributed by atoms with Crippen LogP contribution in [0.25, 0.3) is 0 Å². The summed E-state index contributed by atoms with van der Waals surface area (Å²) in [5, 5.41) is 0. The molecule has 1 aromatic carbocycles. The van der Waals surface area contributed by atoms with E-state index in [4.69, 9.17) is 5.73 Å². The molecule has 2 N–H and O–H groups in total. The van der Waals surface area contributed by atoms with Gasteiger partial charge in [-0.2, -0.15) is 0 Å². The Hall–Kier alpha value is -0.960. The minimum atomic E-state index is -0.830. The molecule has 1 rings (SSSR count). The van der Waals surface area contributed by atoms with Gasteiger partial charge in [0.1, 0.15) is 0 Å². The van der Waals surface area contributed by atoms with Crippen molar-refractivity contribution in [1.29, 1.82) is 0 Å². The maximum absolute atomic E-state index is 13.1. The van der Waals surface area contributed by atoms with Crippen molar-refractivity contribution in [3.63, 3.8) is 0 Å². The molecule has 72 valence electrons. The van der Waals surface area contributed by atoms with E-state index in [-0.39, 0.29) is 5.56 Å². The summed E-state index contributed by atoms with van der Waals surface area (Å²) in [6, 6.07) is 3.69. The molecule has 1 atom stereocenters. The zero-order valence-corrected chi connectivity index (χ0v) is 7.56. The van der Waals surface area contributed by atoms with E-state index in [1.807, 2.05) is 6.92 Å². The maximum atomic E-state index is 13.1. The standard InChI is InChI=1S/C10H13F2N/c1-2-4-9(13)7-5-3-6-8(11)10(7)12/h3,5-6,9H,2,4,13H2,1H3.